The molecule has 352 valence electrons. The first-order chi connectivity index (χ1) is 29.4. The van der Waals surface area contributed by atoms with Crippen LogP contribution in [0.25, 0.3) is 0 Å². The highest BCUT2D eigenvalue weighted by Crippen LogP contribution is 2.36. The van der Waals surface area contributed by atoms with Gasteiger partial charge in [-0.2, -0.15) is 0 Å². The summed E-state index contributed by atoms with van der Waals surface area (Å²) >= 11 is 3.31. The van der Waals surface area contributed by atoms with E-state index < -0.39 is 0 Å². The van der Waals surface area contributed by atoms with Crippen LogP contribution in [0, 0.1) is 43.9 Å². The van der Waals surface area contributed by atoms with Crippen molar-refractivity contribution >= 4 is 27.3 Å². The van der Waals surface area contributed by atoms with Crippen molar-refractivity contribution < 1.29 is 29.2 Å². The first-order valence-corrected chi connectivity index (χ1v) is 23.4. The zero-order chi connectivity index (χ0) is 48.4. The number of phenols is 1. The third-order valence-corrected chi connectivity index (χ3v) is 10.1. The maximum absolute atomic E-state index is 11.0. The predicted molar refractivity (Wildman–Crippen MR) is 267 cm³/mol. The Labute approximate surface area is 388 Å². The predicted octanol–water partition coefficient (Wildman–Crippen LogP) is 15.9. The second-order valence-corrected chi connectivity index (χ2v) is 19.0. The standard InChI is InChI=1S/2C13H19NO3.C13H20O.C9H12O.C4H9Br/c1-9(2)8-17-13-6-5-11(14(15)16)7-12(13)10(3)4;1-9(2)8-17-13-11(10(3)4)6-5-7-12(13)14(15)16;1-10(2)9-14-13-8-6-5-7-12(13)11(3)4;1-7(2)8-5-3-4-6-9(8)10;1-4(2)3-5/h2*5-7,9-10H,8H2,1-4H3;5-8,10-11H,9H2,1-4H3;3-7,10H,1-2H3;4H,3H2,1-2H3. The fourth-order valence-corrected chi connectivity index (χ4v) is 5.36. The number of nitro groups is 2. The van der Waals surface area contributed by atoms with Crippen LogP contribution in [-0.4, -0.2) is 40.1 Å². The number of hydrogen-bond acceptors (Lipinski definition) is 8. The van der Waals surface area contributed by atoms with Gasteiger partial charge >= 0.3 is 5.69 Å². The second-order valence-electron chi connectivity index (χ2n) is 18.3. The Bertz CT molecular complexity index is 1880. The molecule has 10 nitrogen and oxygen atoms in total. The van der Waals surface area contributed by atoms with Crippen LogP contribution in [0.4, 0.5) is 11.4 Å². The van der Waals surface area contributed by atoms with Gasteiger partial charge in [0.1, 0.15) is 17.2 Å². The summed E-state index contributed by atoms with van der Waals surface area (Å²) in [5, 5.41) is 32.1. The van der Waals surface area contributed by atoms with Gasteiger partial charge in [0.2, 0.25) is 5.75 Å². The van der Waals surface area contributed by atoms with Crippen LogP contribution in [0.3, 0.4) is 0 Å². The lowest BCUT2D eigenvalue weighted by atomic mass is 10.0. The van der Waals surface area contributed by atoms with Crippen molar-refractivity contribution in [3.63, 3.8) is 0 Å². The molecule has 0 aliphatic heterocycles. The van der Waals surface area contributed by atoms with E-state index in [1.54, 1.807) is 24.3 Å². The summed E-state index contributed by atoms with van der Waals surface area (Å²) in [6, 6.07) is 25.6. The minimum atomic E-state index is -0.387. The average molecular weight is 940 g/mol. The van der Waals surface area contributed by atoms with Gasteiger partial charge in [0.15, 0.2) is 0 Å². The van der Waals surface area contributed by atoms with Crippen molar-refractivity contribution in [3.8, 4) is 23.0 Å². The van der Waals surface area contributed by atoms with E-state index in [0.29, 0.717) is 54.3 Å². The topological polar surface area (TPSA) is 134 Å². The van der Waals surface area contributed by atoms with Crippen molar-refractivity contribution in [2.45, 2.75) is 134 Å². The Morgan fingerprint density at radius 2 is 0.905 bits per heavy atom. The van der Waals surface area contributed by atoms with Gasteiger partial charge in [-0.1, -0.05) is 175 Å². The average Bonchev–Trinajstić information content (AvgIpc) is 3.21. The summed E-state index contributed by atoms with van der Waals surface area (Å²) in [7, 11) is 0. The summed E-state index contributed by atoms with van der Waals surface area (Å²) in [6.07, 6.45) is 0. The van der Waals surface area contributed by atoms with E-state index in [1.807, 2.05) is 71.9 Å². The van der Waals surface area contributed by atoms with Gasteiger partial charge < -0.3 is 19.3 Å². The highest BCUT2D eigenvalue weighted by atomic mass is 79.9. The summed E-state index contributed by atoms with van der Waals surface area (Å²) in [4.78, 5) is 20.9. The van der Waals surface area contributed by atoms with E-state index in [4.69, 9.17) is 14.2 Å². The number of nitrogens with zero attached hydrogens (tertiary/aromatic N) is 2. The molecule has 63 heavy (non-hydrogen) atoms. The number of benzene rings is 4. The van der Waals surface area contributed by atoms with Crippen LogP contribution < -0.4 is 14.2 Å². The van der Waals surface area contributed by atoms with Crippen LogP contribution >= 0.6 is 15.9 Å². The molecule has 0 heterocycles. The van der Waals surface area contributed by atoms with Gasteiger partial charge in [0.05, 0.1) is 29.7 Å². The number of ether oxygens (including phenoxy) is 3. The monoisotopic (exact) mass is 939 g/mol. The van der Waals surface area contributed by atoms with Crippen LogP contribution in [0.5, 0.6) is 23.0 Å². The Balaban J connectivity index is 0.000000795. The smallest absolute Gasteiger partial charge is 0.311 e. The minimum Gasteiger partial charge on any atom is -0.508 e. The molecular formula is C52H79BrN2O8. The molecule has 0 aliphatic carbocycles. The quantitative estimate of drug-likeness (QED) is 0.0667. The number of phenolic OH excluding ortho intramolecular Hbond substituents is 1. The van der Waals surface area contributed by atoms with Crippen molar-refractivity contribution in [2.24, 2.45) is 23.7 Å². The summed E-state index contributed by atoms with van der Waals surface area (Å²) in [5.41, 5.74) is 4.26. The number of para-hydroxylation sites is 3. The van der Waals surface area contributed by atoms with Crippen molar-refractivity contribution in [3.05, 3.63) is 127 Å². The van der Waals surface area contributed by atoms with Crippen LogP contribution in [0.15, 0.2) is 84.9 Å². The molecule has 4 aromatic carbocycles. The van der Waals surface area contributed by atoms with Crippen LogP contribution in [0.1, 0.15) is 157 Å². The summed E-state index contributed by atoms with van der Waals surface area (Å²) in [6.45, 7) is 35.3. The SMILES string of the molecule is CC(C)CBr.CC(C)COc1c(C(C)C)cccc1[N+](=O)[O-].CC(C)COc1ccc([N+](=O)[O-])cc1C(C)C.CC(C)COc1ccccc1C(C)C.CC(C)c1ccccc1O. The van der Waals surface area contributed by atoms with Crippen molar-refractivity contribution in [1.82, 2.24) is 0 Å². The normalized spacial score (nSPS) is 10.7. The maximum Gasteiger partial charge on any atom is 0.311 e. The molecule has 0 radical (unpaired) electrons. The molecule has 0 amide bonds. The lowest BCUT2D eigenvalue weighted by Gasteiger charge is -2.15. The second kappa shape index (κ2) is 31.2. The lowest BCUT2D eigenvalue weighted by Crippen LogP contribution is -2.08. The maximum atomic E-state index is 11.0. The molecule has 0 fully saturated rings. The molecular weight excluding hydrogens is 860 g/mol. The van der Waals surface area contributed by atoms with Gasteiger partial charge in [0, 0.05) is 34.7 Å². The number of non-ortho nitro benzene ring substituents is 1. The third kappa shape index (κ3) is 24.1. The number of alkyl halides is 1. The molecule has 0 bridgehead atoms. The molecule has 0 spiro atoms. The number of halogens is 1. The molecule has 0 atom stereocenters. The molecule has 0 saturated heterocycles. The van der Waals surface area contributed by atoms with E-state index >= 15 is 0 Å². The van der Waals surface area contributed by atoms with Gasteiger partial charge in [-0.3, -0.25) is 20.2 Å². The summed E-state index contributed by atoms with van der Waals surface area (Å²) in [5.74, 6) is 6.10. The Hall–Kier alpha value is -4.64. The number of aromatic hydroxyl groups is 1. The molecule has 0 unspecified atom stereocenters. The molecule has 1 N–H and O–H groups in total. The molecule has 4 rings (SSSR count). The van der Waals surface area contributed by atoms with Gasteiger partial charge in [0.25, 0.3) is 5.69 Å². The van der Waals surface area contributed by atoms with E-state index in [2.05, 4.69) is 103 Å². The van der Waals surface area contributed by atoms with Crippen LogP contribution in [-0.2, 0) is 0 Å². The molecule has 0 aromatic heterocycles. The Kier molecular flexibility index (Phi) is 28.9. The van der Waals surface area contributed by atoms with Crippen molar-refractivity contribution in [2.75, 3.05) is 25.2 Å². The van der Waals surface area contributed by atoms with Crippen molar-refractivity contribution in [1.29, 1.82) is 0 Å². The number of nitro benzene ring substituents is 2. The Morgan fingerprint density at radius 3 is 1.30 bits per heavy atom. The van der Waals surface area contributed by atoms with E-state index in [0.717, 1.165) is 46.0 Å². The highest BCUT2D eigenvalue weighted by Gasteiger charge is 2.21. The molecule has 0 aliphatic rings. The zero-order valence-electron chi connectivity index (χ0n) is 41.1. The highest BCUT2D eigenvalue weighted by molar-refractivity contribution is 9.09. The van der Waals surface area contributed by atoms with Gasteiger partial charge in [-0.15, -0.1) is 0 Å². The largest absolute Gasteiger partial charge is 0.508 e. The summed E-state index contributed by atoms with van der Waals surface area (Å²) < 4.78 is 17.0. The number of hydrogen-bond donors (Lipinski definition) is 1. The first-order valence-electron chi connectivity index (χ1n) is 22.3. The van der Waals surface area contributed by atoms with E-state index in [9.17, 15) is 25.3 Å². The lowest BCUT2D eigenvalue weighted by molar-refractivity contribution is -0.386. The zero-order valence-corrected chi connectivity index (χ0v) is 42.7. The van der Waals surface area contributed by atoms with Gasteiger partial charge in [-0.05, 0) is 76.7 Å². The third-order valence-electron chi connectivity index (χ3n) is 8.78. The molecule has 0 saturated carbocycles. The van der Waals surface area contributed by atoms with E-state index in [-0.39, 0.29) is 33.1 Å². The fourth-order valence-electron chi connectivity index (χ4n) is 5.36. The molecule has 4 aromatic rings. The molecule has 11 heteroatoms. The fraction of sp³-hybridized carbons (Fsp3) is 0.538. The number of rotatable bonds is 16. The first kappa shape index (κ1) is 58.4. The minimum absolute atomic E-state index is 0.0526. The Morgan fingerprint density at radius 1 is 0.492 bits per heavy atom. The van der Waals surface area contributed by atoms with Crippen LogP contribution in [0.2, 0.25) is 0 Å². The van der Waals surface area contributed by atoms with Gasteiger partial charge in [-0.25, -0.2) is 0 Å². The van der Waals surface area contributed by atoms with E-state index in [1.165, 1.54) is 17.7 Å².